The number of nitrogens with zero attached hydrogens (tertiary/aromatic N) is 5. The molecule has 0 saturated carbocycles. The fraction of sp³-hybridized carbons (Fsp3) is 0.333. The Morgan fingerprint density at radius 3 is 2.66 bits per heavy atom. The van der Waals surface area contributed by atoms with Crippen LogP contribution in [-0.4, -0.2) is 83.4 Å². The van der Waals surface area contributed by atoms with Crippen molar-refractivity contribution in [3.05, 3.63) is 65.9 Å². The molecule has 2 aromatic heterocycles. The standard InChI is InChI=1S/C27H29FN6O2.C3H7NO/c1-17-13-23-22(20-7-6-19(29-2)14-24(20)36-3)15-21(26(28)27(23)31-17)18-5-4-10-33(16-18)25(35)8-11-34-12-9-30-32-34;1-4(2)3-5/h5-7,9,12-15,29,31H,4,8,10-11,16H2,1-3H3;3H,1-2H3. The molecule has 10 nitrogen and oxygen atoms in total. The smallest absolute Gasteiger partial charge is 0.224 e. The first-order chi connectivity index (χ1) is 19.7. The van der Waals surface area contributed by atoms with Gasteiger partial charge in [0.05, 0.1) is 25.4 Å². The second kappa shape index (κ2) is 13.1. The topological polar surface area (TPSA) is 108 Å². The minimum atomic E-state index is -0.309. The number of rotatable bonds is 8. The van der Waals surface area contributed by atoms with E-state index in [0.29, 0.717) is 49.3 Å². The van der Waals surface area contributed by atoms with Gasteiger partial charge >= 0.3 is 0 Å². The zero-order valence-electron chi connectivity index (χ0n) is 24.1. The second-order valence-corrected chi connectivity index (χ2v) is 10.0. The molecule has 4 aromatic rings. The molecule has 11 heteroatoms. The molecular formula is C30H36FN7O3. The number of aromatic nitrogens is 4. The summed E-state index contributed by atoms with van der Waals surface area (Å²) in [5.74, 6) is 0.399. The molecule has 0 spiro atoms. The van der Waals surface area contributed by atoms with Gasteiger partial charge in [-0.15, -0.1) is 5.10 Å². The molecular weight excluding hydrogens is 525 g/mol. The molecule has 0 fully saturated rings. The van der Waals surface area contributed by atoms with Gasteiger partial charge in [0.1, 0.15) is 5.75 Å². The van der Waals surface area contributed by atoms with Gasteiger partial charge in [0.15, 0.2) is 5.82 Å². The largest absolute Gasteiger partial charge is 0.496 e. The Balaban J connectivity index is 0.000000714. The van der Waals surface area contributed by atoms with Crippen molar-refractivity contribution in [1.29, 1.82) is 0 Å². The van der Waals surface area contributed by atoms with Crippen LogP contribution in [-0.2, 0) is 16.1 Å². The number of nitrogens with one attached hydrogen (secondary N) is 2. The van der Waals surface area contributed by atoms with Crippen LogP contribution in [0.15, 0.2) is 48.8 Å². The molecule has 5 rings (SSSR count). The van der Waals surface area contributed by atoms with Crippen LogP contribution in [0.5, 0.6) is 5.75 Å². The van der Waals surface area contributed by atoms with Crippen molar-refractivity contribution in [2.24, 2.45) is 0 Å². The van der Waals surface area contributed by atoms with Gasteiger partial charge in [0.2, 0.25) is 12.3 Å². The van der Waals surface area contributed by atoms with Crippen LogP contribution in [0, 0.1) is 12.7 Å². The van der Waals surface area contributed by atoms with Gasteiger partial charge in [0, 0.05) is 80.8 Å². The minimum Gasteiger partial charge on any atom is -0.496 e. The first kappa shape index (κ1) is 29.3. The summed E-state index contributed by atoms with van der Waals surface area (Å²) in [5, 5.41) is 11.6. The van der Waals surface area contributed by atoms with E-state index in [1.54, 1.807) is 43.2 Å². The maximum absolute atomic E-state index is 15.9. The number of anilines is 1. The number of H-pyrrole nitrogens is 1. The Kier molecular flexibility index (Phi) is 9.38. The lowest BCUT2D eigenvalue weighted by Crippen LogP contribution is -2.36. The number of carbonyl (C=O) groups excluding carboxylic acids is 2. The predicted molar refractivity (Wildman–Crippen MR) is 158 cm³/mol. The molecule has 1 aliphatic rings. The molecule has 41 heavy (non-hydrogen) atoms. The molecule has 2 aromatic carbocycles. The quantitative estimate of drug-likeness (QED) is 0.310. The first-order valence-corrected chi connectivity index (χ1v) is 13.4. The van der Waals surface area contributed by atoms with Crippen LogP contribution in [0.25, 0.3) is 27.6 Å². The summed E-state index contributed by atoms with van der Waals surface area (Å²) < 4.78 is 23.2. The van der Waals surface area contributed by atoms with Crippen molar-refractivity contribution >= 4 is 34.5 Å². The van der Waals surface area contributed by atoms with E-state index in [1.165, 1.54) is 4.90 Å². The molecule has 0 bridgehead atoms. The number of methoxy groups -OCH3 is 1. The SMILES string of the molecule is CN(C)C=O.CNc1ccc(-c2cc(C3=CCCN(C(=O)CCn4ccnn4)C3)c(F)c3[nH]c(C)cc23)c(OC)c1. The molecule has 0 radical (unpaired) electrons. The molecule has 2 N–H and O–H groups in total. The summed E-state index contributed by atoms with van der Waals surface area (Å²) in [7, 11) is 6.86. The number of amides is 2. The molecule has 0 aliphatic carbocycles. The summed E-state index contributed by atoms with van der Waals surface area (Å²) in [6.07, 6.45) is 7.09. The summed E-state index contributed by atoms with van der Waals surface area (Å²) in [4.78, 5) is 28.8. The van der Waals surface area contributed by atoms with Crippen molar-refractivity contribution in [2.45, 2.75) is 26.3 Å². The summed E-state index contributed by atoms with van der Waals surface area (Å²) in [5.41, 5.74) is 5.29. The average Bonchev–Trinajstić information content (AvgIpc) is 3.66. The zero-order chi connectivity index (χ0) is 29.5. The lowest BCUT2D eigenvalue weighted by molar-refractivity contribution is -0.131. The van der Waals surface area contributed by atoms with Crippen LogP contribution < -0.4 is 10.1 Å². The Hall–Kier alpha value is -4.67. The van der Waals surface area contributed by atoms with Gasteiger partial charge in [-0.1, -0.05) is 11.3 Å². The number of halogens is 1. The Bertz CT molecular complexity index is 1540. The number of ether oxygens (including phenoxy) is 1. The average molecular weight is 562 g/mol. The number of benzene rings is 2. The third-order valence-corrected chi connectivity index (χ3v) is 6.85. The van der Waals surface area contributed by atoms with E-state index in [9.17, 15) is 9.59 Å². The Morgan fingerprint density at radius 1 is 1.22 bits per heavy atom. The van der Waals surface area contributed by atoms with Crippen LogP contribution >= 0.6 is 0 Å². The zero-order valence-corrected chi connectivity index (χ0v) is 24.1. The Labute approximate surface area is 238 Å². The van der Waals surface area contributed by atoms with Gasteiger partial charge in [-0.05, 0) is 48.7 Å². The molecule has 1 aliphatic heterocycles. The highest BCUT2D eigenvalue weighted by molar-refractivity contribution is 6.00. The van der Waals surface area contributed by atoms with Crippen molar-refractivity contribution in [2.75, 3.05) is 46.7 Å². The van der Waals surface area contributed by atoms with E-state index in [4.69, 9.17) is 4.74 Å². The minimum absolute atomic E-state index is 0.0119. The van der Waals surface area contributed by atoms with E-state index in [1.807, 2.05) is 50.4 Å². The van der Waals surface area contributed by atoms with Crippen LogP contribution in [0.1, 0.15) is 24.1 Å². The number of aromatic amines is 1. The summed E-state index contributed by atoms with van der Waals surface area (Å²) in [6.45, 7) is 3.34. The van der Waals surface area contributed by atoms with Gasteiger partial charge in [-0.2, -0.15) is 0 Å². The maximum atomic E-state index is 15.9. The van der Waals surface area contributed by atoms with Gasteiger partial charge in [0.25, 0.3) is 0 Å². The van der Waals surface area contributed by atoms with Crippen molar-refractivity contribution in [3.63, 3.8) is 0 Å². The van der Waals surface area contributed by atoms with Crippen LogP contribution in [0.3, 0.4) is 0 Å². The molecule has 0 unspecified atom stereocenters. The summed E-state index contributed by atoms with van der Waals surface area (Å²) >= 11 is 0. The monoisotopic (exact) mass is 561 g/mol. The molecule has 3 heterocycles. The predicted octanol–water partition coefficient (Wildman–Crippen LogP) is 4.33. The van der Waals surface area contributed by atoms with E-state index in [0.717, 1.165) is 39.9 Å². The lowest BCUT2D eigenvalue weighted by atomic mass is 9.92. The molecule has 2 amide bonds. The maximum Gasteiger partial charge on any atom is 0.224 e. The fourth-order valence-electron chi connectivity index (χ4n) is 4.79. The van der Waals surface area contributed by atoms with Crippen molar-refractivity contribution in [3.8, 4) is 16.9 Å². The highest BCUT2D eigenvalue weighted by atomic mass is 19.1. The number of hydrogen-bond donors (Lipinski definition) is 2. The fourth-order valence-corrected chi connectivity index (χ4v) is 4.79. The lowest BCUT2D eigenvalue weighted by Gasteiger charge is -2.28. The van der Waals surface area contributed by atoms with Gasteiger partial charge in [-0.25, -0.2) is 4.39 Å². The first-order valence-electron chi connectivity index (χ1n) is 13.4. The van der Waals surface area contributed by atoms with Crippen LogP contribution in [0.2, 0.25) is 0 Å². The third kappa shape index (κ3) is 6.74. The third-order valence-electron chi connectivity index (χ3n) is 6.85. The Morgan fingerprint density at radius 2 is 2.00 bits per heavy atom. The normalized spacial score (nSPS) is 12.8. The second-order valence-electron chi connectivity index (χ2n) is 10.0. The summed E-state index contributed by atoms with van der Waals surface area (Å²) in [6, 6.07) is 9.73. The highest BCUT2D eigenvalue weighted by Gasteiger charge is 2.24. The molecule has 0 atom stereocenters. The van der Waals surface area contributed by atoms with E-state index in [-0.39, 0.29) is 11.7 Å². The van der Waals surface area contributed by atoms with Gasteiger partial charge in [-0.3, -0.25) is 14.3 Å². The number of aryl methyl sites for hydroxylation is 2. The van der Waals surface area contributed by atoms with Crippen LogP contribution in [0.4, 0.5) is 10.1 Å². The number of fused-ring (bicyclic) bond motifs is 1. The van der Waals surface area contributed by atoms with Gasteiger partial charge < -0.3 is 24.8 Å². The molecule has 216 valence electrons. The van der Waals surface area contributed by atoms with E-state index >= 15 is 4.39 Å². The van der Waals surface area contributed by atoms with E-state index < -0.39 is 0 Å². The number of carbonyl (C=O) groups is 2. The van der Waals surface area contributed by atoms with E-state index in [2.05, 4.69) is 20.6 Å². The molecule has 0 saturated heterocycles. The highest BCUT2D eigenvalue weighted by Crippen LogP contribution is 2.40. The van der Waals surface area contributed by atoms with Crippen molar-refractivity contribution in [1.82, 2.24) is 29.8 Å². The number of hydrogen-bond acceptors (Lipinski definition) is 6. The van der Waals surface area contributed by atoms with Crippen molar-refractivity contribution < 1.29 is 18.7 Å².